The van der Waals surface area contributed by atoms with Crippen LogP contribution in [0.25, 0.3) is 0 Å². The minimum absolute atomic E-state index is 0.0133. The summed E-state index contributed by atoms with van der Waals surface area (Å²) in [7, 11) is -4.09. The van der Waals surface area contributed by atoms with Gasteiger partial charge in [-0.2, -0.15) is 4.31 Å². The van der Waals surface area contributed by atoms with Crippen molar-refractivity contribution in [3.63, 3.8) is 0 Å². The minimum Gasteiger partial charge on any atom is -0.325 e. The minimum atomic E-state index is -4.09. The van der Waals surface area contributed by atoms with Gasteiger partial charge in [0.25, 0.3) is 0 Å². The molecule has 3 aromatic rings. The van der Waals surface area contributed by atoms with Crippen molar-refractivity contribution in [1.29, 1.82) is 0 Å². The van der Waals surface area contributed by atoms with Crippen LogP contribution in [0, 0.1) is 20.8 Å². The second-order valence-electron chi connectivity index (χ2n) is 7.91. The van der Waals surface area contributed by atoms with Crippen molar-refractivity contribution in [1.82, 2.24) is 4.31 Å². The van der Waals surface area contributed by atoms with Gasteiger partial charge in [-0.15, -0.1) is 0 Å². The van der Waals surface area contributed by atoms with Crippen molar-refractivity contribution >= 4 is 33.2 Å². The zero-order chi connectivity index (χ0) is 24.0. The van der Waals surface area contributed by atoms with Gasteiger partial charge in [0.1, 0.15) is 0 Å². The first-order chi connectivity index (χ1) is 15.6. The second-order valence-corrected chi connectivity index (χ2v) is 9.85. The Morgan fingerprint density at radius 3 is 1.33 bits per heavy atom. The van der Waals surface area contributed by atoms with Crippen molar-refractivity contribution in [2.45, 2.75) is 25.7 Å². The van der Waals surface area contributed by atoms with Gasteiger partial charge in [-0.1, -0.05) is 53.1 Å². The first-order valence-corrected chi connectivity index (χ1v) is 11.9. The average Bonchev–Trinajstić information content (AvgIpc) is 2.77. The van der Waals surface area contributed by atoms with Crippen molar-refractivity contribution in [3.8, 4) is 0 Å². The van der Waals surface area contributed by atoms with Crippen LogP contribution >= 0.6 is 0 Å². The molecule has 172 valence electrons. The molecule has 33 heavy (non-hydrogen) atoms. The summed E-state index contributed by atoms with van der Waals surface area (Å²) in [6.07, 6.45) is 0. The highest BCUT2D eigenvalue weighted by Crippen LogP contribution is 2.18. The van der Waals surface area contributed by atoms with E-state index < -0.39 is 34.9 Å². The molecule has 7 nitrogen and oxygen atoms in total. The third-order valence-electron chi connectivity index (χ3n) is 4.97. The number of hydrogen-bond donors (Lipinski definition) is 2. The molecule has 0 atom stereocenters. The Hall–Kier alpha value is -3.49. The van der Waals surface area contributed by atoms with Crippen LogP contribution in [0.5, 0.6) is 0 Å². The predicted octanol–water partition coefficient (Wildman–Crippen LogP) is 3.88. The SMILES string of the molecule is Cc1ccc(NC(=O)CN(CC(=O)Nc2ccc(C)cc2)S(=O)(=O)c2ccc(C)cc2)cc1. The van der Waals surface area contributed by atoms with Crippen molar-refractivity contribution in [3.05, 3.63) is 89.5 Å². The molecule has 0 aromatic heterocycles. The van der Waals surface area contributed by atoms with E-state index in [0.29, 0.717) is 11.4 Å². The van der Waals surface area contributed by atoms with E-state index in [1.165, 1.54) is 12.1 Å². The number of carbonyl (C=O) groups excluding carboxylic acids is 2. The summed E-state index contributed by atoms with van der Waals surface area (Å²) in [5, 5.41) is 5.37. The number of hydrogen-bond acceptors (Lipinski definition) is 4. The highest BCUT2D eigenvalue weighted by atomic mass is 32.2. The molecule has 0 heterocycles. The molecule has 0 saturated carbocycles. The van der Waals surface area contributed by atoms with Gasteiger partial charge in [0.2, 0.25) is 21.8 Å². The van der Waals surface area contributed by atoms with E-state index in [1.54, 1.807) is 36.4 Å². The summed E-state index contributed by atoms with van der Waals surface area (Å²) in [5.41, 5.74) is 4.05. The molecule has 0 aliphatic heterocycles. The Kier molecular flexibility index (Phi) is 7.63. The van der Waals surface area contributed by atoms with Gasteiger partial charge in [-0.05, 0) is 57.2 Å². The van der Waals surface area contributed by atoms with Crippen LogP contribution in [0.3, 0.4) is 0 Å². The Morgan fingerprint density at radius 1 is 0.636 bits per heavy atom. The lowest BCUT2D eigenvalue weighted by Crippen LogP contribution is -2.42. The fraction of sp³-hybridized carbons (Fsp3) is 0.200. The van der Waals surface area contributed by atoms with Gasteiger partial charge >= 0.3 is 0 Å². The van der Waals surface area contributed by atoms with E-state index in [-0.39, 0.29) is 4.90 Å². The molecule has 2 N–H and O–H groups in total. The van der Waals surface area contributed by atoms with E-state index in [1.807, 2.05) is 45.0 Å². The van der Waals surface area contributed by atoms with Gasteiger partial charge in [-0.25, -0.2) is 8.42 Å². The summed E-state index contributed by atoms with van der Waals surface area (Å²) in [6.45, 7) is 4.68. The molecule has 0 spiro atoms. The highest BCUT2D eigenvalue weighted by molar-refractivity contribution is 7.89. The van der Waals surface area contributed by atoms with Crippen LogP contribution in [0.15, 0.2) is 77.7 Å². The summed E-state index contributed by atoms with van der Waals surface area (Å²) >= 11 is 0. The lowest BCUT2D eigenvalue weighted by molar-refractivity contribution is -0.118. The van der Waals surface area contributed by atoms with Crippen LogP contribution < -0.4 is 10.6 Å². The molecule has 0 unspecified atom stereocenters. The number of carbonyl (C=O) groups is 2. The Bertz CT molecular complexity index is 1160. The lowest BCUT2D eigenvalue weighted by Gasteiger charge is -2.21. The number of benzene rings is 3. The number of aryl methyl sites for hydroxylation is 3. The van der Waals surface area contributed by atoms with Crippen LogP contribution in [-0.4, -0.2) is 37.6 Å². The number of anilines is 2. The van der Waals surface area contributed by atoms with Crippen LogP contribution in [0.2, 0.25) is 0 Å². The number of sulfonamides is 1. The van der Waals surface area contributed by atoms with Gasteiger partial charge < -0.3 is 10.6 Å². The molecule has 3 aromatic carbocycles. The Morgan fingerprint density at radius 2 is 0.970 bits per heavy atom. The molecule has 0 fully saturated rings. The van der Waals surface area contributed by atoms with E-state index in [0.717, 1.165) is 21.0 Å². The molecule has 0 aliphatic rings. The maximum Gasteiger partial charge on any atom is 0.244 e. The molecule has 3 rings (SSSR count). The fourth-order valence-electron chi connectivity index (χ4n) is 3.08. The summed E-state index contributed by atoms with van der Waals surface area (Å²) in [6, 6.07) is 20.6. The summed E-state index contributed by atoms with van der Waals surface area (Å²) in [5.74, 6) is -1.09. The van der Waals surface area contributed by atoms with E-state index >= 15 is 0 Å². The maximum absolute atomic E-state index is 13.3. The Balaban J connectivity index is 1.80. The van der Waals surface area contributed by atoms with Crippen LogP contribution in [0.4, 0.5) is 11.4 Å². The third kappa shape index (κ3) is 6.74. The molecule has 0 radical (unpaired) electrons. The van der Waals surface area contributed by atoms with Crippen molar-refractivity contribution in [2.24, 2.45) is 0 Å². The van der Waals surface area contributed by atoms with E-state index in [2.05, 4.69) is 10.6 Å². The molecular weight excluding hydrogens is 438 g/mol. The first-order valence-electron chi connectivity index (χ1n) is 10.4. The summed E-state index contributed by atoms with van der Waals surface area (Å²) in [4.78, 5) is 25.3. The Labute approximate surface area is 194 Å². The largest absolute Gasteiger partial charge is 0.325 e. The maximum atomic E-state index is 13.3. The smallest absolute Gasteiger partial charge is 0.244 e. The fourth-order valence-corrected chi connectivity index (χ4v) is 4.43. The molecule has 0 aliphatic carbocycles. The van der Waals surface area contributed by atoms with Crippen molar-refractivity contribution in [2.75, 3.05) is 23.7 Å². The quantitative estimate of drug-likeness (QED) is 0.528. The first kappa shape index (κ1) is 24.2. The monoisotopic (exact) mass is 465 g/mol. The molecule has 8 heteroatoms. The van der Waals surface area contributed by atoms with Crippen LogP contribution in [-0.2, 0) is 19.6 Å². The predicted molar refractivity (Wildman–Crippen MR) is 130 cm³/mol. The standard InChI is InChI=1S/C25H27N3O4S/c1-18-4-10-21(11-5-18)26-24(29)16-28(33(31,32)23-14-8-20(3)9-15-23)17-25(30)27-22-12-6-19(2)7-13-22/h4-15H,16-17H2,1-3H3,(H,26,29)(H,27,30). The second kappa shape index (κ2) is 10.4. The molecule has 2 amide bonds. The van der Waals surface area contributed by atoms with Gasteiger partial charge in [0, 0.05) is 11.4 Å². The van der Waals surface area contributed by atoms with Crippen molar-refractivity contribution < 1.29 is 18.0 Å². The topological polar surface area (TPSA) is 95.6 Å². The highest BCUT2D eigenvalue weighted by Gasteiger charge is 2.29. The number of amides is 2. The van der Waals surface area contributed by atoms with Crippen LogP contribution in [0.1, 0.15) is 16.7 Å². The van der Waals surface area contributed by atoms with Gasteiger partial charge in [0.15, 0.2) is 0 Å². The summed E-state index contributed by atoms with van der Waals surface area (Å²) < 4.78 is 27.4. The van der Waals surface area contributed by atoms with E-state index in [4.69, 9.17) is 0 Å². The molecular formula is C25H27N3O4S. The molecule has 0 saturated heterocycles. The third-order valence-corrected chi connectivity index (χ3v) is 6.78. The number of rotatable bonds is 8. The zero-order valence-corrected chi connectivity index (χ0v) is 19.6. The number of nitrogens with one attached hydrogen (secondary N) is 2. The van der Waals surface area contributed by atoms with E-state index in [9.17, 15) is 18.0 Å². The lowest BCUT2D eigenvalue weighted by atomic mass is 10.2. The zero-order valence-electron chi connectivity index (χ0n) is 18.8. The average molecular weight is 466 g/mol. The van der Waals surface area contributed by atoms with Gasteiger partial charge in [0.05, 0.1) is 18.0 Å². The van der Waals surface area contributed by atoms with Gasteiger partial charge in [-0.3, -0.25) is 9.59 Å². The number of nitrogens with zero attached hydrogens (tertiary/aromatic N) is 1. The normalized spacial score (nSPS) is 11.3. The molecule has 0 bridgehead atoms.